The van der Waals surface area contributed by atoms with E-state index < -0.39 is 12.1 Å². The zero-order chi connectivity index (χ0) is 31.8. The molecule has 226 valence electrons. The Morgan fingerprint density at radius 2 is 0.739 bits per heavy atom. The minimum atomic E-state index is -0.522. The van der Waals surface area contributed by atoms with E-state index in [1.54, 1.807) is 60.7 Å². The molecule has 0 aliphatic carbocycles. The third kappa shape index (κ3) is 9.88. The topological polar surface area (TPSA) is 156 Å². The van der Waals surface area contributed by atoms with E-state index in [1.807, 2.05) is 72.8 Å². The summed E-state index contributed by atoms with van der Waals surface area (Å²) in [5.41, 5.74) is 10.1. The zero-order valence-electron chi connectivity index (χ0n) is 24.4. The Balaban J connectivity index is 1.07. The molecule has 0 saturated heterocycles. The van der Waals surface area contributed by atoms with Gasteiger partial charge in [0.15, 0.2) is 0 Å². The molecule has 0 aliphatic rings. The summed E-state index contributed by atoms with van der Waals surface area (Å²) >= 11 is 0. The van der Waals surface area contributed by atoms with Crippen molar-refractivity contribution in [1.82, 2.24) is 10.9 Å². The molecule has 0 unspecified atom stereocenters. The second-order valence-corrected chi connectivity index (χ2v) is 9.44. The predicted octanol–water partition coefficient (Wildman–Crippen LogP) is 8.83. The molecule has 5 aromatic rings. The highest BCUT2D eigenvalue weighted by Gasteiger charge is 2.03. The van der Waals surface area contributed by atoms with Crippen LogP contribution in [-0.2, 0) is 0 Å². The maximum Gasteiger partial charge on any atom is 0.339 e. The number of anilines is 2. The summed E-state index contributed by atoms with van der Waals surface area (Å²) in [5, 5.41) is 30.1. The first-order valence-electron chi connectivity index (χ1n) is 14.0. The molecule has 4 N–H and O–H groups in total. The van der Waals surface area contributed by atoms with Gasteiger partial charge in [0.2, 0.25) is 0 Å². The van der Waals surface area contributed by atoms with Gasteiger partial charge in [0.1, 0.15) is 0 Å². The average Bonchev–Trinajstić information content (AvgIpc) is 3.09. The van der Waals surface area contributed by atoms with Crippen LogP contribution in [0.25, 0.3) is 0 Å². The Labute approximate surface area is 264 Å². The molecule has 12 nitrogen and oxygen atoms in total. The number of benzene rings is 5. The summed E-state index contributed by atoms with van der Waals surface area (Å²) in [4.78, 5) is 24.6. The van der Waals surface area contributed by atoms with E-state index in [2.05, 4.69) is 52.1 Å². The lowest BCUT2D eigenvalue weighted by atomic mass is 10.1. The lowest BCUT2D eigenvalue weighted by molar-refractivity contribution is 0.251. The van der Waals surface area contributed by atoms with Gasteiger partial charge in [-0.15, -0.1) is 0 Å². The number of carbonyl (C=O) groups is 2. The summed E-state index contributed by atoms with van der Waals surface area (Å²) in [6.07, 6.45) is 2.95. The van der Waals surface area contributed by atoms with Crippen molar-refractivity contribution in [3.05, 3.63) is 145 Å². The number of nitrogens with one attached hydrogen (secondary N) is 4. The highest BCUT2D eigenvalue weighted by molar-refractivity contribution is 5.96. The first-order chi connectivity index (χ1) is 22.6. The quantitative estimate of drug-likeness (QED) is 0.0710. The smallest absolute Gasteiger partial charge is 0.307 e. The van der Waals surface area contributed by atoms with Gasteiger partial charge in [-0.1, -0.05) is 60.7 Å². The number of rotatable bonds is 10. The first kappa shape index (κ1) is 30.6. The van der Waals surface area contributed by atoms with Crippen molar-refractivity contribution < 1.29 is 9.59 Å². The molecule has 0 fully saturated rings. The van der Waals surface area contributed by atoms with Crippen LogP contribution in [0.2, 0.25) is 0 Å². The summed E-state index contributed by atoms with van der Waals surface area (Å²) < 4.78 is 0. The Morgan fingerprint density at radius 3 is 1.11 bits per heavy atom. The van der Waals surface area contributed by atoms with Gasteiger partial charge in [0.05, 0.1) is 35.2 Å². The largest absolute Gasteiger partial charge is 0.339 e. The van der Waals surface area contributed by atoms with Crippen LogP contribution in [-0.4, -0.2) is 24.5 Å². The molecular formula is C34H28N10O2. The number of amides is 4. The number of hydrogen-bond acceptors (Lipinski definition) is 8. The summed E-state index contributed by atoms with van der Waals surface area (Å²) in [5.74, 6) is 0. The summed E-state index contributed by atoms with van der Waals surface area (Å²) in [6, 6.07) is 38.8. The summed E-state index contributed by atoms with van der Waals surface area (Å²) in [6.45, 7) is 0. The Bertz CT molecular complexity index is 1720. The van der Waals surface area contributed by atoms with Crippen molar-refractivity contribution >= 4 is 58.6 Å². The van der Waals surface area contributed by atoms with E-state index >= 15 is 0 Å². The Hall–Kier alpha value is -6.82. The second-order valence-electron chi connectivity index (χ2n) is 9.44. The maximum atomic E-state index is 12.3. The van der Waals surface area contributed by atoms with Crippen molar-refractivity contribution in [2.24, 2.45) is 30.7 Å². The van der Waals surface area contributed by atoms with Gasteiger partial charge in [0, 0.05) is 22.5 Å². The van der Waals surface area contributed by atoms with Crippen molar-refractivity contribution in [1.29, 1.82) is 0 Å². The lowest BCUT2D eigenvalue weighted by Gasteiger charge is -2.05. The highest BCUT2D eigenvalue weighted by atomic mass is 16.2. The van der Waals surface area contributed by atoms with Gasteiger partial charge in [-0.25, -0.2) is 20.4 Å². The van der Waals surface area contributed by atoms with Crippen LogP contribution < -0.4 is 21.5 Å². The fourth-order valence-corrected chi connectivity index (χ4v) is 3.83. The molecule has 12 heteroatoms. The average molecular weight is 609 g/mol. The number of azo groups is 2. The number of hydrazone groups is 2. The third-order valence-corrected chi connectivity index (χ3v) is 6.06. The number of urea groups is 2. The standard InChI is InChI=1S/C34H28N10O2/c45-33(37-27-15-19-31(20-16-27)41-39-29-11-3-1-4-12-29)43-35-23-25-9-7-8-10-26(25)24-36-44-34(46)38-28-17-21-32(22-18-28)42-40-30-13-5-2-6-14-30/h1-24H,(H2,37,43,45)(H2,38,44,46)/b35-23+,36-24+,41-39?,42-40?. The number of hydrogen-bond donors (Lipinski definition) is 4. The van der Waals surface area contributed by atoms with Crippen molar-refractivity contribution in [2.45, 2.75) is 0 Å². The SMILES string of the molecule is O=C(N/N=C/c1ccccc1/C=N/NC(=O)Nc1ccc(N=Nc2ccccc2)cc1)Nc1ccc(N=Nc2ccccc2)cc1. The summed E-state index contributed by atoms with van der Waals surface area (Å²) in [7, 11) is 0. The zero-order valence-corrected chi connectivity index (χ0v) is 24.4. The monoisotopic (exact) mass is 608 g/mol. The minimum absolute atomic E-state index is 0.522. The van der Waals surface area contributed by atoms with Gasteiger partial charge in [-0.05, 0) is 72.8 Å². The van der Waals surface area contributed by atoms with Crippen LogP contribution in [0.4, 0.5) is 43.7 Å². The molecule has 0 aliphatic heterocycles. The Morgan fingerprint density at radius 1 is 0.413 bits per heavy atom. The van der Waals surface area contributed by atoms with E-state index in [1.165, 1.54) is 12.4 Å². The maximum absolute atomic E-state index is 12.3. The van der Waals surface area contributed by atoms with Gasteiger partial charge in [-0.2, -0.15) is 30.7 Å². The van der Waals surface area contributed by atoms with Crippen molar-refractivity contribution in [2.75, 3.05) is 10.6 Å². The van der Waals surface area contributed by atoms with Crippen LogP contribution in [0.15, 0.2) is 164 Å². The highest BCUT2D eigenvalue weighted by Crippen LogP contribution is 2.21. The molecule has 0 heterocycles. The molecule has 0 saturated carbocycles. The van der Waals surface area contributed by atoms with Gasteiger partial charge in [-0.3, -0.25) is 0 Å². The van der Waals surface area contributed by atoms with Gasteiger partial charge >= 0.3 is 12.1 Å². The van der Waals surface area contributed by atoms with Crippen LogP contribution in [0.3, 0.4) is 0 Å². The van der Waals surface area contributed by atoms with Gasteiger partial charge in [0.25, 0.3) is 0 Å². The fraction of sp³-hybridized carbons (Fsp3) is 0. The Kier molecular flexibility index (Phi) is 10.7. The van der Waals surface area contributed by atoms with Crippen LogP contribution >= 0.6 is 0 Å². The lowest BCUT2D eigenvalue weighted by Crippen LogP contribution is -2.24. The predicted molar refractivity (Wildman–Crippen MR) is 180 cm³/mol. The van der Waals surface area contributed by atoms with Gasteiger partial charge < -0.3 is 10.6 Å². The van der Waals surface area contributed by atoms with Crippen molar-refractivity contribution in [3.8, 4) is 0 Å². The molecule has 0 spiro atoms. The first-order valence-corrected chi connectivity index (χ1v) is 14.0. The molecule has 0 aromatic heterocycles. The van der Waals surface area contributed by atoms with Crippen molar-refractivity contribution in [3.63, 3.8) is 0 Å². The fourth-order valence-electron chi connectivity index (χ4n) is 3.83. The van der Waals surface area contributed by atoms with Crippen LogP contribution in [0, 0.1) is 0 Å². The molecular weight excluding hydrogens is 580 g/mol. The molecule has 5 rings (SSSR count). The van der Waals surface area contributed by atoms with Crippen LogP contribution in [0.5, 0.6) is 0 Å². The van der Waals surface area contributed by atoms with Crippen LogP contribution in [0.1, 0.15) is 11.1 Å². The number of nitrogens with zero attached hydrogens (tertiary/aromatic N) is 6. The minimum Gasteiger partial charge on any atom is -0.307 e. The normalized spacial score (nSPS) is 11.3. The molecule has 0 atom stereocenters. The van der Waals surface area contributed by atoms with E-state index in [-0.39, 0.29) is 0 Å². The van der Waals surface area contributed by atoms with E-state index in [0.29, 0.717) is 33.9 Å². The third-order valence-electron chi connectivity index (χ3n) is 6.06. The molecule has 46 heavy (non-hydrogen) atoms. The molecule has 0 bridgehead atoms. The molecule has 5 aromatic carbocycles. The molecule has 4 amide bonds. The molecule has 0 radical (unpaired) electrons. The number of carbonyl (C=O) groups excluding carboxylic acids is 2. The van der Waals surface area contributed by atoms with E-state index in [4.69, 9.17) is 0 Å². The second kappa shape index (κ2) is 16.1. The van der Waals surface area contributed by atoms with E-state index in [9.17, 15) is 9.59 Å². The van der Waals surface area contributed by atoms with E-state index in [0.717, 1.165) is 11.4 Å².